The van der Waals surface area contributed by atoms with Crippen molar-refractivity contribution in [2.75, 3.05) is 60.7 Å². The molecule has 0 saturated carbocycles. The van der Waals surface area contributed by atoms with Crippen LogP contribution in [0.2, 0.25) is 0 Å². The van der Waals surface area contributed by atoms with Crippen LogP contribution in [0.25, 0.3) is 10.9 Å². The predicted octanol–water partition coefficient (Wildman–Crippen LogP) is 6.03. The lowest BCUT2D eigenvalue weighted by Crippen LogP contribution is -2.55. The Labute approximate surface area is 550 Å². The van der Waals surface area contributed by atoms with Crippen molar-refractivity contribution in [2.24, 2.45) is 29.6 Å². The number of hydrogen-bond acceptors (Lipinski definition) is 16. The molecule has 0 spiro atoms. The van der Waals surface area contributed by atoms with Crippen LogP contribution >= 0.6 is 0 Å². The number of benzene rings is 1. The summed E-state index contributed by atoms with van der Waals surface area (Å²) in [7, 11) is 5.05. The zero-order chi connectivity index (χ0) is 69.5. The topological polar surface area (TPSA) is 314 Å². The minimum Gasteiger partial charge on any atom is -0.463 e. The fourth-order valence-corrected chi connectivity index (χ4v) is 12.2. The summed E-state index contributed by atoms with van der Waals surface area (Å²) in [6.45, 7) is 24.3. The van der Waals surface area contributed by atoms with Crippen LogP contribution in [0.15, 0.2) is 42.6 Å². The van der Waals surface area contributed by atoms with Crippen LogP contribution in [0.1, 0.15) is 172 Å². The van der Waals surface area contributed by atoms with Crippen molar-refractivity contribution in [1.82, 2.24) is 51.5 Å². The maximum absolute atomic E-state index is 13.9. The Morgan fingerprint density at radius 1 is 0.753 bits per heavy atom. The van der Waals surface area contributed by atoms with Crippen LogP contribution in [0.4, 0.5) is 0 Å². The van der Waals surface area contributed by atoms with E-state index in [2.05, 4.69) is 52.6 Å². The molecule has 522 valence electrons. The SMILES string of the molecule is CC.CC(=O)NC(COC(=O)CCCN(C)C(C(=O)N[C@H](C(C)=O)C(C)C)C(C)C)C(=O)NNC(=O)CCCCCN1C(=O)C=CC1=O.CCC(C)C(CC)C(CC(=O)N1CCCC1C(OC)C(C)C(=O)N[C@@H](Cc1c[nH]c2ccccc12)C(=O)N1CCCCO1)OC. The summed E-state index contributed by atoms with van der Waals surface area (Å²) in [6.07, 6.45) is 11.5. The lowest BCUT2D eigenvalue weighted by molar-refractivity contribution is -0.199. The highest BCUT2D eigenvalue weighted by atomic mass is 16.7. The van der Waals surface area contributed by atoms with E-state index in [0.717, 1.165) is 59.9 Å². The largest absolute Gasteiger partial charge is 0.463 e. The molecule has 93 heavy (non-hydrogen) atoms. The number of Topliss-reactive ketones (excluding diaryl/α,β-unsaturated/α-hetero) is 1. The molecule has 8 unspecified atom stereocenters. The van der Waals surface area contributed by atoms with E-state index in [0.29, 0.717) is 76.6 Å². The molecule has 2 aromatic rings. The van der Waals surface area contributed by atoms with Crippen molar-refractivity contribution < 1.29 is 71.8 Å². The number of ether oxygens (including phenoxy) is 3. The Hall–Kier alpha value is -7.09. The minimum absolute atomic E-state index is 0.0133. The van der Waals surface area contributed by atoms with Gasteiger partial charge in [-0.1, -0.05) is 107 Å². The zero-order valence-corrected chi connectivity index (χ0v) is 58.0. The number of imide groups is 1. The highest BCUT2D eigenvalue weighted by Gasteiger charge is 2.42. The smallest absolute Gasteiger partial charge is 0.305 e. The molecule has 1 aromatic carbocycles. The van der Waals surface area contributed by atoms with E-state index in [4.69, 9.17) is 19.0 Å². The molecule has 25 heteroatoms. The Morgan fingerprint density at radius 2 is 1.44 bits per heavy atom. The van der Waals surface area contributed by atoms with Crippen molar-refractivity contribution in [3.05, 3.63) is 48.2 Å². The second kappa shape index (κ2) is 41.6. The average Bonchev–Trinajstić information content (AvgIpc) is 1.84. The summed E-state index contributed by atoms with van der Waals surface area (Å²) >= 11 is 0. The summed E-state index contributed by atoms with van der Waals surface area (Å²) in [5, 5.41) is 10.7. The van der Waals surface area contributed by atoms with E-state index in [9.17, 15) is 52.7 Å². The van der Waals surface area contributed by atoms with Gasteiger partial charge in [0, 0.05) is 89.3 Å². The number of unbranched alkanes of at least 4 members (excludes halogenated alkanes) is 2. The molecule has 5 rings (SSSR count). The van der Waals surface area contributed by atoms with Crippen LogP contribution < -0.4 is 26.8 Å². The number of hydrazine groups is 1. The molecule has 9 amide bonds. The molecule has 4 heterocycles. The number of esters is 1. The number of carbonyl (C=O) groups is 11. The minimum atomic E-state index is -1.25. The number of aromatic amines is 1. The van der Waals surface area contributed by atoms with Crippen LogP contribution in [-0.2, 0) is 78.2 Å². The number of ketones is 1. The number of carbonyl (C=O) groups excluding carboxylic acids is 11. The maximum atomic E-state index is 13.9. The molecule has 10 atom stereocenters. The Morgan fingerprint density at radius 3 is 2.03 bits per heavy atom. The van der Waals surface area contributed by atoms with Crippen LogP contribution in [-0.4, -0.2) is 193 Å². The lowest BCUT2D eigenvalue weighted by atomic mass is 9.83. The number of H-pyrrole nitrogens is 1. The molecule has 0 bridgehead atoms. The van der Waals surface area contributed by atoms with Gasteiger partial charge in [0.25, 0.3) is 23.6 Å². The molecular formula is C68H110N10O15. The first-order valence-corrected chi connectivity index (χ1v) is 33.5. The fraction of sp³-hybridized carbons (Fsp3) is 0.691. The second-order valence-electron chi connectivity index (χ2n) is 24.9. The number of hydroxylamine groups is 2. The zero-order valence-electron chi connectivity index (χ0n) is 58.0. The van der Waals surface area contributed by atoms with Gasteiger partial charge in [0.15, 0.2) is 5.78 Å². The molecule has 3 aliphatic heterocycles. The third kappa shape index (κ3) is 25.3. The normalized spacial score (nSPS) is 17.6. The van der Waals surface area contributed by atoms with Crippen LogP contribution in [0.3, 0.4) is 0 Å². The van der Waals surface area contributed by atoms with Gasteiger partial charge >= 0.3 is 5.97 Å². The maximum Gasteiger partial charge on any atom is 0.305 e. The highest BCUT2D eigenvalue weighted by molar-refractivity contribution is 6.12. The first kappa shape index (κ1) is 80.1. The summed E-state index contributed by atoms with van der Waals surface area (Å²) in [6, 6.07) is 4.51. The summed E-state index contributed by atoms with van der Waals surface area (Å²) in [5.41, 5.74) is 6.39. The Balaban J connectivity index is 0.000000473. The van der Waals surface area contributed by atoms with E-state index in [1.165, 1.54) is 31.1 Å². The number of methoxy groups -OCH3 is 2. The molecule has 25 nitrogen and oxygen atoms in total. The van der Waals surface area contributed by atoms with Crippen LogP contribution in [0, 0.1) is 29.6 Å². The van der Waals surface area contributed by atoms with Crippen molar-refractivity contribution >= 4 is 75.8 Å². The molecular weight excluding hydrogens is 1200 g/mol. The first-order chi connectivity index (χ1) is 44.3. The summed E-state index contributed by atoms with van der Waals surface area (Å²) in [4.78, 5) is 152. The number of likely N-dealkylation sites (tertiary alicyclic amines) is 1. The summed E-state index contributed by atoms with van der Waals surface area (Å²) in [5.74, 6) is -4.03. The third-order valence-electron chi connectivity index (χ3n) is 17.4. The molecule has 1 aromatic heterocycles. The van der Waals surface area contributed by atoms with E-state index < -0.39 is 66.5 Å². The quantitative estimate of drug-likeness (QED) is 0.0199. The van der Waals surface area contributed by atoms with Gasteiger partial charge in [-0.15, -0.1) is 0 Å². The number of nitrogens with one attached hydrogen (secondary N) is 6. The highest BCUT2D eigenvalue weighted by Crippen LogP contribution is 2.31. The summed E-state index contributed by atoms with van der Waals surface area (Å²) < 4.78 is 17.0. The number of para-hydroxylation sites is 1. The number of nitrogens with zero attached hydrogens (tertiary/aromatic N) is 4. The third-order valence-corrected chi connectivity index (χ3v) is 17.4. The second-order valence-corrected chi connectivity index (χ2v) is 24.9. The number of aromatic nitrogens is 1. The van der Waals surface area contributed by atoms with E-state index in [1.54, 1.807) is 21.3 Å². The standard InChI is InChI=1S/C35H54N4O6.C31H50N6O9.C2H6/c1-7-23(3)26(8-2)31(43-5)21-32(40)38-17-13-16-30(38)33(44-6)24(4)34(41)37-29(35(42)39-18-11-12-19-45-39)20-25-22-36-28-15-10-9-14-27(25)28;1-19(2)28(21(5)38)33-31(45)29(20(3)4)36(7)16-11-13-27(43)46-18-23(32-22(6)39)30(44)35-34-24(40)12-9-8-10-17-37-25(41)14-15-26(37)42;1-2/h9-10,14-15,22-24,26,29-31,33,36H,7-8,11-13,16-21H2,1-6H3,(H,37,41);14-15,19-20,23,28-29H,8-13,16-18H2,1-7H3,(H,32,39)(H,33,45)(H,34,40)(H,35,44);1-2H3/t23?,24?,26?,29-,30?,31?,33?;23?,28-,29?;/m00./s1. The van der Waals surface area contributed by atoms with Crippen molar-refractivity contribution in [3.8, 4) is 0 Å². The van der Waals surface area contributed by atoms with Gasteiger partial charge in [0.05, 0.1) is 49.3 Å². The number of likely N-dealkylation sites (N-methyl/N-ethyl adjacent to an activating group) is 1. The van der Waals surface area contributed by atoms with E-state index in [-0.39, 0.29) is 84.6 Å². The molecule has 3 aliphatic rings. The monoisotopic (exact) mass is 1310 g/mol. The molecule has 2 fully saturated rings. The molecule has 2 saturated heterocycles. The van der Waals surface area contributed by atoms with Gasteiger partial charge < -0.3 is 40.0 Å². The fourth-order valence-electron chi connectivity index (χ4n) is 12.2. The van der Waals surface area contributed by atoms with Gasteiger partial charge in [0.2, 0.25) is 29.5 Å². The molecule has 0 aliphatic carbocycles. The van der Waals surface area contributed by atoms with Gasteiger partial charge in [0.1, 0.15) is 18.7 Å². The number of amides is 9. The van der Waals surface area contributed by atoms with Gasteiger partial charge in [-0.2, -0.15) is 0 Å². The number of rotatable bonds is 35. The average molecular weight is 1310 g/mol. The molecule has 0 radical (unpaired) electrons. The number of fused-ring (bicyclic) bond motifs is 1. The van der Waals surface area contributed by atoms with Crippen molar-refractivity contribution in [3.63, 3.8) is 0 Å². The van der Waals surface area contributed by atoms with Crippen molar-refractivity contribution in [1.29, 1.82) is 0 Å². The Bertz CT molecular complexity index is 2760. The van der Waals surface area contributed by atoms with E-state index in [1.807, 2.05) is 88.7 Å². The Kier molecular flexibility index (Phi) is 35.8. The first-order valence-electron chi connectivity index (χ1n) is 33.5. The van der Waals surface area contributed by atoms with Gasteiger partial charge in [-0.25, -0.2) is 5.06 Å². The van der Waals surface area contributed by atoms with Crippen molar-refractivity contribution in [2.45, 2.75) is 215 Å². The lowest BCUT2D eigenvalue weighted by Gasteiger charge is -2.36. The predicted molar refractivity (Wildman–Crippen MR) is 353 cm³/mol. The van der Waals surface area contributed by atoms with Gasteiger partial charge in [-0.05, 0) is 101 Å². The number of hydrogen-bond donors (Lipinski definition) is 6. The van der Waals surface area contributed by atoms with E-state index >= 15 is 0 Å². The molecule has 6 N–H and O–H groups in total. The van der Waals surface area contributed by atoms with Crippen LogP contribution in [0.5, 0.6) is 0 Å². The van der Waals surface area contributed by atoms with Gasteiger partial charge in [-0.3, -0.25) is 78.2 Å².